The second-order valence-electron chi connectivity index (χ2n) is 5.30. The van der Waals surface area contributed by atoms with Crippen LogP contribution in [0.25, 0.3) is 0 Å². The van der Waals surface area contributed by atoms with Gasteiger partial charge in [-0.1, -0.05) is 13.8 Å². The first kappa shape index (κ1) is 13.9. The van der Waals surface area contributed by atoms with Gasteiger partial charge in [0, 0.05) is 12.6 Å². The summed E-state index contributed by atoms with van der Waals surface area (Å²) in [7, 11) is 2.22. The highest BCUT2D eigenvalue weighted by molar-refractivity contribution is 4.72. The standard InChI is InChI=1S/C13H28N2O/c1-12(2)10-14-7-4-5-8-15(3)13-6-9-16-11-13/h12-14H,4-11H2,1-3H3. The Kier molecular flexibility index (Phi) is 7.01. The Balaban J connectivity index is 1.90. The number of unbranched alkanes of at least 4 members (excludes halogenated alkanes) is 1. The van der Waals surface area contributed by atoms with Crippen molar-refractivity contribution in [3.05, 3.63) is 0 Å². The fraction of sp³-hybridized carbons (Fsp3) is 1.00. The summed E-state index contributed by atoms with van der Waals surface area (Å²) in [6.45, 7) is 9.89. The molecule has 0 amide bonds. The highest BCUT2D eigenvalue weighted by Gasteiger charge is 2.19. The zero-order valence-electron chi connectivity index (χ0n) is 11.2. The fourth-order valence-electron chi connectivity index (χ4n) is 2.05. The quantitative estimate of drug-likeness (QED) is 0.640. The lowest BCUT2D eigenvalue weighted by Gasteiger charge is -2.22. The van der Waals surface area contributed by atoms with Gasteiger partial charge in [-0.3, -0.25) is 0 Å². The molecule has 16 heavy (non-hydrogen) atoms. The molecule has 0 aromatic carbocycles. The maximum atomic E-state index is 5.40. The molecule has 3 heteroatoms. The SMILES string of the molecule is CC(C)CNCCCCN(C)C1CCOC1. The monoisotopic (exact) mass is 228 g/mol. The number of hydrogen-bond donors (Lipinski definition) is 1. The number of rotatable bonds is 8. The van der Waals surface area contributed by atoms with E-state index in [0.29, 0.717) is 6.04 Å². The van der Waals surface area contributed by atoms with Gasteiger partial charge in [0.05, 0.1) is 6.61 Å². The van der Waals surface area contributed by atoms with Gasteiger partial charge in [-0.25, -0.2) is 0 Å². The van der Waals surface area contributed by atoms with Crippen LogP contribution in [0.2, 0.25) is 0 Å². The van der Waals surface area contributed by atoms with Crippen molar-refractivity contribution >= 4 is 0 Å². The van der Waals surface area contributed by atoms with E-state index in [9.17, 15) is 0 Å². The predicted octanol–water partition coefficient (Wildman–Crippen LogP) is 1.73. The molecule has 1 atom stereocenters. The van der Waals surface area contributed by atoms with E-state index in [4.69, 9.17) is 4.74 Å². The lowest BCUT2D eigenvalue weighted by atomic mass is 10.2. The smallest absolute Gasteiger partial charge is 0.0622 e. The third-order valence-corrected chi connectivity index (χ3v) is 3.20. The molecule has 0 aromatic rings. The van der Waals surface area contributed by atoms with Crippen LogP contribution < -0.4 is 5.32 Å². The van der Waals surface area contributed by atoms with Gasteiger partial charge in [0.2, 0.25) is 0 Å². The number of hydrogen-bond acceptors (Lipinski definition) is 3. The van der Waals surface area contributed by atoms with Gasteiger partial charge >= 0.3 is 0 Å². The molecule has 1 heterocycles. The van der Waals surface area contributed by atoms with Crippen LogP contribution in [0.4, 0.5) is 0 Å². The van der Waals surface area contributed by atoms with Crippen molar-refractivity contribution in [2.75, 3.05) is 39.9 Å². The fourth-order valence-corrected chi connectivity index (χ4v) is 2.05. The number of ether oxygens (including phenoxy) is 1. The molecule has 1 N–H and O–H groups in total. The average molecular weight is 228 g/mol. The molecule has 3 nitrogen and oxygen atoms in total. The van der Waals surface area contributed by atoms with Crippen molar-refractivity contribution < 1.29 is 4.74 Å². The lowest BCUT2D eigenvalue weighted by Crippen LogP contribution is -2.33. The molecule has 96 valence electrons. The molecule has 0 bridgehead atoms. The van der Waals surface area contributed by atoms with Crippen LogP contribution in [0.15, 0.2) is 0 Å². The Bertz CT molecular complexity index is 167. The summed E-state index contributed by atoms with van der Waals surface area (Å²) in [5, 5.41) is 3.48. The van der Waals surface area contributed by atoms with Crippen molar-refractivity contribution in [3.8, 4) is 0 Å². The van der Waals surface area contributed by atoms with Crippen LogP contribution >= 0.6 is 0 Å². The predicted molar refractivity (Wildman–Crippen MR) is 68.8 cm³/mol. The van der Waals surface area contributed by atoms with Gasteiger partial charge in [-0.05, 0) is 51.9 Å². The minimum Gasteiger partial charge on any atom is -0.380 e. The number of nitrogens with zero attached hydrogens (tertiary/aromatic N) is 1. The zero-order chi connectivity index (χ0) is 11.8. The van der Waals surface area contributed by atoms with Crippen molar-refractivity contribution in [2.24, 2.45) is 5.92 Å². The summed E-state index contributed by atoms with van der Waals surface area (Å²) in [5.74, 6) is 0.762. The summed E-state index contributed by atoms with van der Waals surface area (Å²) in [6.07, 6.45) is 3.78. The highest BCUT2D eigenvalue weighted by Crippen LogP contribution is 2.10. The normalized spacial score (nSPS) is 21.2. The van der Waals surface area contributed by atoms with Gasteiger partial charge in [0.1, 0.15) is 0 Å². The minimum atomic E-state index is 0.670. The summed E-state index contributed by atoms with van der Waals surface area (Å²) < 4.78 is 5.40. The van der Waals surface area contributed by atoms with Crippen molar-refractivity contribution in [1.29, 1.82) is 0 Å². The second-order valence-corrected chi connectivity index (χ2v) is 5.30. The van der Waals surface area contributed by atoms with E-state index in [1.54, 1.807) is 0 Å². The van der Waals surface area contributed by atoms with Gasteiger partial charge in [0.25, 0.3) is 0 Å². The summed E-state index contributed by atoms with van der Waals surface area (Å²) >= 11 is 0. The Morgan fingerprint density at radius 2 is 2.19 bits per heavy atom. The first-order valence-electron chi connectivity index (χ1n) is 6.69. The zero-order valence-corrected chi connectivity index (χ0v) is 11.2. The molecule has 1 rings (SSSR count). The molecule has 1 aliphatic heterocycles. The Hall–Kier alpha value is -0.120. The van der Waals surface area contributed by atoms with Gasteiger partial charge < -0.3 is 15.0 Å². The van der Waals surface area contributed by atoms with Crippen molar-refractivity contribution in [1.82, 2.24) is 10.2 Å². The summed E-state index contributed by atoms with van der Waals surface area (Å²) in [5.41, 5.74) is 0. The molecule has 1 aliphatic rings. The van der Waals surface area contributed by atoms with Gasteiger partial charge in [-0.15, -0.1) is 0 Å². The third-order valence-electron chi connectivity index (χ3n) is 3.20. The van der Waals surface area contributed by atoms with Gasteiger partial charge in [-0.2, -0.15) is 0 Å². The molecule has 1 saturated heterocycles. The van der Waals surface area contributed by atoms with E-state index in [2.05, 4.69) is 31.1 Å². The molecular formula is C13H28N2O. The highest BCUT2D eigenvalue weighted by atomic mass is 16.5. The largest absolute Gasteiger partial charge is 0.380 e. The van der Waals surface area contributed by atoms with Crippen LogP contribution in [0.1, 0.15) is 33.1 Å². The summed E-state index contributed by atoms with van der Waals surface area (Å²) in [4.78, 5) is 2.45. The van der Waals surface area contributed by atoms with Crippen LogP contribution in [-0.4, -0.2) is 50.8 Å². The average Bonchev–Trinajstić information content (AvgIpc) is 2.75. The van der Waals surface area contributed by atoms with E-state index >= 15 is 0 Å². The van der Waals surface area contributed by atoms with Crippen LogP contribution in [0, 0.1) is 5.92 Å². The lowest BCUT2D eigenvalue weighted by molar-refractivity contribution is 0.158. The Labute approximate surface area is 101 Å². The Morgan fingerprint density at radius 1 is 1.38 bits per heavy atom. The molecule has 0 spiro atoms. The van der Waals surface area contributed by atoms with Crippen LogP contribution in [-0.2, 0) is 4.74 Å². The topological polar surface area (TPSA) is 24.5 Å². The molecule has 0 radical (unpaired) electrons. The maximum Gasteiger partial charge on any atom is 0.0622 e. The maximum absolute atomic E-state index is 5.40. The van der Waals surface area contributed by atoms with E-state index in [0.717, 1.165) is 32.2 Å². The first-order chi connectivity index (χ1) is 7.70. The van der Waals surface area contributed by atoms with Crippen LogP contribution in [0.5, 0.6) is 0 Å². The summed E-state index contributed by atoms with van der Waals surface area (Å²) in [6, 6.07) is 0.670. The van der Waals surface area contributed by atoms with Crippen molar-refractivity contribution in [2.45, 2.75) is 39.2 Å². The van der Waals surface area contributed by atoms with Crippen molar-refractivity contribution in [3.63, 3.8) is 0 Å². The molecule has 0 saturated carbocycles. The third kappa shape index (κ3) is 5.83. The van der Waals surface area contributed by atoms with Gasteiger partial charge in [0.15, 0.2) is 0 Å². The minimum absolute atomic E-state index is 0.670. The van der Waals surface area contributed by atoms with E-state index in [1.807, 2.05) is 0 Å². The molecule has 1 fully saturated rings. The first-order valence-corrected chi connectivity index (χ1v) is 6.69. The second kappa shape index (κ2) is 8.04. The number of nitrogens with one attached hydrogen (secondary N) is 1. The van der Waals surface area contributed by atoms with Crippen LogP contribution in [0.3, 0.4) is 0 Å². The Morgan fingerprint density at radius 3 is 2.81 bits per heavy atom. The molecule has 1 unspecified atom stereocenters. The molecule has 0 aromatic heterocycles. The number of likely N-dealkylation sites (N-methyl/N-ethyl adjacent to an activating group) is 1. The molecular weight excluding hydrogens is 200 g/mol. The van der Waals surface area contributed by atoms with E-state index in [-0.39, 0.29) is 0 Å². The van der Waals surface area contributed by atoms with E-state index < -0.39 is 0 Å². The van der Waals surface area contributed by atoms with E-state index in [1.165, 1.54) is 25.8 Å². The molecule has 0 aliphatic carbocycles.